The lowest BCUT2D eigenvalue weighted by Crippen LogP contribution is -2.14. The van der Waals surface area contributed by atoms with E-state index < -0.39 is 0 Å². The molecule has 0 bridgehead atoms. The molecule has 86 valence electrons. The molecule has 2 aromatic heterocycles. The fraction of sp³-hybridized carbons (Fsp3) is 0. The monoisotopic (exact) mass is 230 g/mol. The quantitative estimate of drug-likeness (QED) is 0.521. The molecular weight excluding hydrogens is 220 g/mol. The maximum Gasteiger partial charge on any atom is 0.274 e. The third kappa shape index (κ3) is 2.73. The molecule has 17 heavy (non-hydrogen) atoms. The smallest absolute Gasteiger partial charge is 0.274 e. The van der Waals surface area contributed by atoms with Crippen molar-refractivity contribution in [3.63, 3.8) is 0 Å². The summed E-state index contributed by atoms with van der Waals surface area (Å²) in [6.45, 7) is 0. The largest absolute Gasteiger partial charge is 0.323 e. The number of hydrazine groups is 1. The summed E-state index contributed by atoms with van der Waals surface area (Å²) in [4.78, 5) is 23.3. The number of carbonyl (C=O) groups is 1. The number of hydrogen-bond donors (Lipinski definition) is 3. The van der Waals surface area contributed by atoms with Gasteiger partial charge < -0.3 is 10.7 Å². The summed E-state index contributed by atoms with van der Waals surface area (Å²) in [7, 11) is 0. The normalized spacial score (nSPS) is 9.71. The Kier molecular flexibility index (Phi) is 3.22. The highest BCUT2D eigenvalue weighted by molar-refractivity contribution is 6.02. The van der Waals surface area contributed by atoms with Crippen LogP contribution in [0.15, 0.2) is 37.1 Å². The minimum absolute atomic E-state index is 0.285. The van der Waals surface area contributed by atoms with Crippen molar-refractivity contribution in [2.45, 2.75) is 0 Å². The maximum absolute atomic E-state index is 11.7. The van der Waals surface area contributed by atoms with Gasteiger partial charge in [-0.25, -0.2) is 15.0 Å². The molecule has 0 saturated carbocycles. The van der Waals surface area contributed by atoms with Gasteiger partial charge in [0.2, 0.25) is 0 Å². The number of carbonyl (C=O) groups excluding carboxylic acids is 1. The van der Waals surface area contributed by atoms with Gasteiger partial charge in [-0.1, -0.05) is 0 Å². The molecule has 4 N–H and O–H groups in total. The third-order valence-electron chi connectivity index (χ3n) is 1.98. The van der Waals surface area contributed by atoms with Gasteiger partial charge in [-0.05, 0) is 12.1 Å². The van der Waals surface area contributed by atoms with Crippen LogP contribution in [0.3, 0.4) is 0 Å². The van der Waals surface area contributed by atoms with Crippen molar-refractivity contribution in [2.24, 2.45) is 5.84 Å². The van der Waals surface area contributed by atoms with Crippen LogP contribution in [0.2, 0.25) is 0 Å². The van der Waals surface area contributed by atoms with Gasteiger partial charge in [0, 0.05) is 0 Å². The molecule has 0 aliphatic heterocycles. The van der Waals surface area contributed by atoms with Crippen LogP contribution in [0.5, 0.6) is 0 Å². The molecular formula is C10H10N6O. The lowest BCUT2D eigenvalue weighted by atomic mass is 10.3. The second-order valence-electron chi connectivity index (χ2n) is 3.16. The van der Waals surface area contributed by atoms with Crippen LogP contribution in [-0.2, 0) is 0 Å². The number of rotatable bonds is 3. The summed E-state index contributed by atoms with van der Waals surface area (Å²) in [5, 5.41) is 2.62. The Balaban J connectivity index is 2.09. The van der Waals surface area contributed by atoms with Crippen LogP contribution in [-0.4, -0.2) is 20.9 Å². The summed E-state index contributed by atoms with van der Waals surface area (Å²) >= 11 is 0. The van der Waals surface area contributed by atoms with Gasteiger partial charge in [-0.2, -0.15) is 0 Å². The van der Waals surface area contributed by atoms with Gasteiger partial charge in [0.05, 0.1) is 30.0 Å². The molecule has 0 aromatic carbocycles. The predicted octanol–water partition coefficient (Wildman–Crippen LogP) is 0.409. The van der Waals surface area contributed by atoms with E-state index in [-0.39, 0.29) is 11.6 Å². The van der Waals surface area contributed by atoms with E-state index in [0.717, 1.165) is 0 Å². The van der Waals surface area contributed by atoms with E-state index >= 15 is 0 Å². The zero-order valence-corrected chi connectivity index (χ0v) is 8.79. The Bertz CT molecular complexity index is 498. The Morgan fingerprint density at radius 3 is 2.47 bits per heavy atom. The minimum Gasteiger partial charge on any atom is -0.323 e. The maximum atomic E-state index is 11.7. The molecule has 0 atom stereocenters. The van der Waals surface area contributed by atoms with Crippen LogP contribution < -0.4 is 16.6 Å². The van der Waals surface area contributed by atoms with Gasteiger partial charge >= 0.3 is 0 Å². The van der Waals surface area contributed by atoms with Crippen LogP contribution in [0, 0.1) is 0 Å². The van der Waals surface area contributed by atoms with Crippen molar-refractivity contribution in [1.29, 1.82) is 0 Å². The summed E-state index contributed by atoms with van der Waals surface area (Å²) in [5.74, 6) is 4.86. The zero-order chi connectivity index (χ0) is 12.1. The average Bonchev–Trinajstić information content (AvgIpc) is 2.40. The number of nitrogens with zero attached hydrogens (tertiary/aromatic N) is 3. The van der Waals surface area contributed by atoms with E-state index in [0.29, 0.717) is 11.4 Å². The number of nitrogen functional groups attached to an aromatic ring is 1. The highest BCUT2D eigenvalue weighted by Gasteiger charge is 2.07. The lowest BCUT2D eigenvalue weighted by molar-refractivity contribution is 0.102. The summed E-state index contributed by atoms with van der Waals surface area (Å²) in [5.41, 5.74) is 3.86. The van der Waals surface area contributed by atoms with Gasteiger partial charge in [-0.3, -0.25) is 10.6 Å². The average molecular weight is 230 g/mol. The van der Waals surface area contributed by atoms with E-state index in [4.69, 9.17) is 5.84 Å². The van der Waals surface area contributed by atoms with Gasteiger partial charge in [0.15, 0.2) is 0 Å². The van der Waals surface area contributed by atoms with Crippen LogP contribution in [0.4, 0.5) is 11.4 Å². The van der Waals surface area contributed by atoms with Crippen LogP contribution in [0.1, 0.15) is 10.5 Å². The second-order valence-corrected chi connectivity index (χ2v) is 3.16. The first kappa shape index (κ1) is 11.0. The molecule has 2 aromatic rings. The molecule has 0 saturated heterocycles. The van der Waals surface area contributed by atoms with E-state index in [1.165, 1.54) is 24.9 Å². The topological polar surface area (TPSA) is 106 Å². The van der Waals surface area contributed by atoms with Crippen molar-refractivity contribution in [1.82, 2.24) is 15.0 Å². The van der Waals surface area contributed by atoms with Gasteiger partial charge in [-0.15, -0.1) is 0 Å². The molecule has 0 spiro atoms. The summed E-state index contributed by atoms with van der Waals surface area (Å²) in [6.07, 6.45) is 5.85. The molecule has 1 amide bonds. The number of hydrogen-bond acceptors (Lipinski definition) is 6. The molecule has 0 aliphatic carbocycles. The number of pyridine rings is 1. The number of nitrogens with two attached hydrogens (primary N) is 1. The SMILES string of the molecule is NNc1ccc(C(=O)Nc2cncnc2)nc1. The molecule has 2 rings (SSSR count). The molecule has 0 radical (unpaired) electrons. The van der Waals surface area contributed by atoms with E-state index in [1.807, 2.05) is 0 Å². The van der Waals surface area contributed by atoms with Crippen LogP contribution >= 0.6 is 0 Å². The Hall–Kier alpha value is -2.54. The first-order valence-electron chi connectivity index (χ1n) is 4.78. The standard InChI is InChI=1S/C10H10N6O/c11-16-7-1-2-9(14-5-7)10(17)15-8-3-12-6-13-4-8/h1-6,16H,11H2,(H,15,17). The van der Waals surface area contributed by atoms with Crippen molar-refractivity contribution < 1.29 is 4.79 Å². The number of aromatic nitrogens is 3. The first-order chi connectivity index (χ1) is 8.29. The minimum atomic E-state index is -0.330. The predicted molar refractivity (Wildman–Crippen MR) is 62.0 cm³/mol. The van der Waals surface area contributed by atoms with E-state index in [1.54, 1.807) is 12.1 Å². The second kappa shape index (κ2) is 4.99. The fourth-order valence-corrected chi connectivity index (χ4v) is 1.17. The number of amides is 1. The number of anilines is 2. The molecule has 7 heteroatoms. The van der Waals surface area contributed by atoms with E-state index in [9.17, 15) is 4.79 Å². The molecule has 0 fully saturated rings. The van der Waals surface area contributed by atoms with Crippen LogP contribution in [0.25, 0.3) is 0 Å². The van der Waals surface area contributed by atoms with Crippen molar-refractivity contribution in [3.05, 3.63) is 42.7 Å². The highest BCUT2D eigenvalue weighted by Crippen LogP contribution is 2.07. The Labute approximate surface area is 97.1 Å². The van der Waals surface area contributed by atoms with Gasteiger partial charge in [0.1, 0.15) is 12.0 Å². The molecule has 0 unspecified atom stereocenters. The third-order valence-corrected chi connectivity index (χ3v) is 1.98. The van der Waals surface area contributed by atoms with Crippen molar-refractivity contribution in [2.75, 3.05) is 10.7 Å². The molecule has 0 aliphatic rings. The van der Waals surface area contributed by atoms with Crippen molar-refractivity contribution in [3.8, 4) is 0 Å². The fourth-order valence-electron chi connectivity index (χ4n) is 1.17. The summed E-state index contributed by atoms with van der Waals surface area (Å²) < 4.78 is 0. The Morgan fingerprint density at radius 2 is 1.88 bits per heavy atom. The van der Waals surface area contributed by atoms with E-state index in [2.05, 4.69) is 25.7 Å². The van der Waals surface area contributed by atoms with Crippen molar-refractivity contribution >= 4 is 17.3 Å². The molecule has 2 heterocycles. The first-order valence-corrected chi connectivity index (χ1v) is 4.78. The number of nitrogens with one attached hydrogen (secondary N) is 2. The highest BCUT2D eigenvalue weighted by atomic mass is 16.1. The summed E-state index contributed by atoms with van der Waals surface area (Å²) in [6, 6.07) is 3.22. The molecule has 7 nitrogen and oxygen atoms in total. The lowest BCUT2D eigenvalue weighted by Gasteiger charge is -2.04. The van der Waals surface area contributed by atoms with Gasteiger partial charge in [0.25, 0.3) is 5.91 Å². The Morgan fingerprint density at radius 1 is 1.12 bits per heavy atom. The zero-order valence-electron chi connectivity index (χ0n) is 8.79.